The Hall–Kier alpha value is -6.76. The molecule has 0 saturated heterocycles. The molecule has 0 aliphatic heterocycles. The summed E-state index contributed by atoms with van der Waals surface area (Å²) in [4.78, 5) is 0. The molecular weight excluding hydrogens is 684 g/mol. The highest BCUT2D eigenvalue weighted by Gasteiger charge is 2.38. The van der Waals surface area contributed by atoms with Gasteiger partial charge in [0.1, 0.15) is 34.9 Å². The lowest BCUT2D eigenvalue weighted by atomic mass is 9.77. The van der Waals surface area contributed by atoms with Gasteiger partial charge in [0.15, 0.2) is 69.8 Å². The third kappa shape index (κ3) is 5.73. The van der Waals surface area contributed by atoms with Crippen molar-refractivity contribution >= 4 is 11.1 Å². The Labute approximate surface area is 265 Å². The maximum atomic E-state index is 15.2. The average Bonchev–Trinajstić information content (AvgIpc) is 3.08. The molecule has 49 heavy (non-hydrogen) atoms. The highest BCUT2D eigenvalue weighted by molar-refractivity contribution is 5.83. The molecule has 2 unspecified atom stereocenters. The van der Waals surface area contributed by atoms with E-state index < -0.39 is 132 Å². The topological polar surface area (TPSA) is 143 Å². The Morgan fingerprint density at radius 1 is 0.490 bits per heavy atom. The van der Waals surface area contributed by atoms with Crippen molar-refractivity contribution in [3.8, 4) is 36.4 Å². The van der Waals surface area contributed by atoms with Gasteiger partial charge in [-0.15, -0.1) is 0 Å². The summed E-state index contributed by atoms with van der Waals surface area (Å²) < 4.78 is 177. The number of allylic oxidation sites excluding steroid dienone is 4. The first-order chi connectivity index (χ1) is 23.0. The van der Waals surface area contributed by atoms with Crippen LogP contribution in [0.1, 0.15) is 46.2 Å². The summed E-state index contributed by atoms with van der Waals surface area (Å²) in [6.07, 6.45) is -0.00789. The standard InChI is InChI=1S/C31H6F12N6/c1-9(12(4-45)18-28(40)22(34)15(7-48)23(35)29(18)41)11(13(5-46)19-30(42)24(36)16(8-49)25(37)31(19)43)2-10(3-44)17-26(38)20(32)14(6-47)21(33)27(17)39/h2,11,13H,1H3/b10-2+,12-9-. The van der Waals surface area contributed by atoms with E-state index in [0.717, 1.165) is 36.4 Å². The smallest absolute Gasteiger partial charge is 0.180 e. The first kappa shape index (κ1) is 36.7. The summed E-state index contributed by atoms with van der Waals surface area (Å²) in [7, 11) is 0. The lowest BCUT2D eigenvalue weighted by Crippen LogP contribution is -2.19. The van der Waals surface area contributed by atoms with Gasteiger partial charge in [-0.05, 0) is 12.5 Å². The minimum atomic E-state index is -2.91. The number of hydrogen-bond acceptors (Lipinski definition) is 6. The fourth-order valence-electron chi connectivity index (χ4n) is 4.60. The predicted molar refractivity (Wildman–Crippen MR) is 137 cm³/mol. The number of halogens is 12. The molecule has 244 valence electrons. The van der Waals surface area contributed by atoms with E-state index in [1.165, 1.54) is 0 Å². The van der Waals surface area contributed by atoms with Gasteiger partial charge in [-0.25, -0.2) is 52.7 Å². The third-order valence-electron chi connectivity index (χ3n) is 6.96. The van der Waals surface area contributed by atoms with Crippen molar-refractivity contribution in [2.45, 2.75) is 12.8 Å². The van der Waals surface area contributed by atoms with Crippen molar-refractivity contribution in [1.82, 2.24) is 0 Å². The van der Waals surface area contributed by atoms with E-state index in [1.54, 1.807) is 0 Å². The monoisotopic (exact) mass is 690 g/mol. The fraction of sp³-hybridized carbons (Fsp3) is 0.0968. The molecule has 2 atom stereocenters. The van der Waals surface area contributed by atoms with E-state index in [9.17, 15) is 50.9 Å². The number of benzene rings is 3. The largest absolute Gasteiger partial charge is 0.203 e. The van der Waals surface area contributed by atoms with Crippen LogP contribution < -0.4 is 0 Å². The summed E-state index contributed by atoms with van der Waals surface area (Å²) >= 11 is 0. The molecule has 6 nitrogen and oxygen atoms in total. The van der Waals surface area contributed by atoms with Crippen LogP contribution in [0.2, 0.25) is 0 Å². The van der Waals surface area contributed by atoms with Crippen molar-refractivity contribution in [2.24, 2.45) is 5.92 Å². The molecule has 18 heteroatoms. The highest BCUT2D eigenvalue weighted by atomic mass is 19.2. The second kappa shape index (κ2) is 13.9. The summed E-state index contributed by atoms with van der Waals surface area (Å²) in [5.41, 5.74) is -15.9. The van der Waals surface area contributed by atoms with E-state index >= 15 is 17.6 Å². The molecule has 0 aromatic heterocycles. The zero-order chi connectivity index (χ0) is 37.2. The van der Waals surface area contributed by atoms with Crippen LogP contribution in [0.4, 0.5) is 52.7 Å². The van der Waals surface area contributed by atoms with Gasteiger partial charge < -0.3 is 0 Å². The van der Waals surface area contributed by atoms with Crippen LogP contribution in [0.15, 0.2) is 11.6 Å². The highest BCUT2D eigenvalue weighted by Crippen LogP contribution is 2.42. The number of rotatable bonds is 6. The van der Waals surface area contributed by atoms with Crippen LogP contribution >= 0.6 is 0 Å². The molecule has 0 aliphatic carbocycles. The molecule has 0 heterocycles. The van der Waals surface area contributed by atoms with Gasteiger partial charge in [0.2, 0.25) is 0 Å². The van der Waals surface area contributed by atoms with Crippen LogP contribution in [-0.4, -0.2) is 0 Å². The van der Waals surface area contributed by atoms with Crippen molar-refractivity contribution in [1.29, 1.82) is 31.6 Å². The van der Waals surface area contributed by atoms with Gasteiger partial charge in [0, 0.05) is 11.5 Å². The predicted octanol–water partition coefficient (Wildman–Crippen LogP) is 7.80. The van der Waals surface area contributed by atoms with Gasteiger partial charge in [0.05, 0.1) is 46.4 Å². The molecule has 3 aromatic carbocycles. The first-order valence-corrected chi connectivity index (χ1v) is 12.4. The van der Waals surface area contributed by atoms with Crippen LogP contribution in [0, 0.1) is 144 Å². The Morgan fingerprint density at radius 2 is 0.837 bits per heavy atom. The Kier molecular flexibility index (Phi) is 10.4. The quantitative estimate of drug-likeness (QED) is 0.147. The molecule has 0 bridgehead atoms. The molecule has 0 radical (unpaired) electrons. The number of nitriles is 6. The summed E-state index contributed by atoms with van der Waals surface area (Å²) in [6.45, 7) is 0.505. The van der Waals surface area contributed by atoms with E-state index in [4.69, 9.17) is 15.8 Å². The summed E-state index contributed by atoms with van der Waals surface area (Å²) in [5.74, 6) is -34.9. The van der Waals surface area contributed by atoms with Gasteiger partial charge in [-0.3, -0.25) is 0 Å². The SMILES string of the molecule is C/C(=C(\C#N)c1c(F)c(F)c(C#N)c(F)c1F)C(/C=C(\C#N)c1c(F)c(F)c(C#N)c(F)c1F)C(C#N)c1c(F)c(F)c(C#N)c(F)c1F. The Morgan fingerprint density at radius 3 is 1.14 bits per heavy atom. The van der Waals surface area contributed by atoms with Crippen LogP contribution in [0.25, 0.3) is 11.1 Å². The molecule has 3 rings (SSSR count). The minimum Gasteiger partial charge on any atom is -0.203 e. The molecule has 0 N–H and O–H groups in total. The van der Waals surface area contributed by atoms with E-state index in [2.05, 4.69) is 0 Å². The van der Waals surface area contributed by atoms with Gasteiger partial charge in [-0.1, -0.05) is 6.08 Å². The third-order valence-corrected chi connectivity index (χ3v) is 6.96. The number of nitrogens with zero attached hydrogens (tertiary/aromatic N) is 6. The molecule has 0 aliphatic rings. The molecule has 0 saturated carbocycles. The van der Waals surface area contributed by atoms with Crippen molar-refractivity contribution < 1.29 is 52.7 Å². The molecule has 3 aromatic rings. The van der Waals surface area contributed by atoms with Crippen LogP contribution in [0.5, 0.6) is 0 Å². The van der Waals surface area contributed by atoms with E-state index in [1.807, 2.05) is 0 Å². The first-order valence-electron chi connectivity index (χ1n) is 12.4. The van der Waals surface area contributed by atoms with Crippen molar-refractivity contribution in [3.63, 3.8) is 0 Å². The normalized spacial score (nSPS) is 12.8. The van der Waals surface area contributed by atoms with Crippen LogP contribution in [0.3, 0.4) is 0 Å². The fourth-order valence-corrected chi connectivity index (χ4v) is 4.60. The maximum Gasteiger partial charge on any atom is 0.180 e. The second-order valence-electron chi connectivity index (χ2n) is 9.39. The van der Waals surface area contributed by atoms with Gasteiger partial charge in [0.25, 0.3) is 0 Å². The van der Waals surface area contributed by atoms with Crippen LogP contribution in [-0.2, 0) is 0 Å². The maximum absolute atomic E-state index is 15.2. The van der Waals surface area contributed by atoms with Gasteiger partial charge in [-0.2, -0.15) is 31.6 Å². The Bertz CT molecular complexity index is 2220. The van der Waals surface area contributed by atoms with E-state index in [-0.39, 0.29) is 6.08 Å². The average molecular weight is 690 g/mol. The Balaban J connectivity index is 2.66. The molecular formula is C31H6F12N6. The lowest BCUT2D eigenvalue weighted by Gasteiger charge is -2.24. The zero-order valence-electron chi connectivity index (χ0n) is 23.5. The molecule has 0 amide bonds. The molecule has 0 fully saturated rings. The second-order valence-corrected chi connectivity index (χ2v) is 9.39. The van der Waals surface area contributed by atoms with Gasteiger partial charge >= 0.3 is 0 Å². The van der Waals surface area contributed by atoms with E-state index in [0.29, 0.717) is 6.92 Å². The molecule has 0 spiro atoms. The number of hydrogen-bond donors (Lipinski definition) is 0. The van der Waals surface area contributed by atoms with Crippen molar-refractivity contribution in [2.75, 3.05) is 0 Å². The summed E-state index contributed by atoms with van der Waals surface area (Å²) in [5, 5.41) is 56.0. The van der Waals surface area contributed by atoms with Crippen molar-refractivity contribution in [3.05, 3.63) is 115 Å². The minimum absolute atomic E-state index is 0.00789. The lowest BCUT2D eigenvalue weighted by molar-refractivity contribution is 0.424. The summed E-state index contributed by atoms with van der Waals surface area (Å²) in [6, 6.07) is 5.48. The zero-order valence-corrected chi connectivity index (χ0v) is 23.5.